The van der Waals surface area contributed by atoms with Crippen molar-refractivity contribution in [2.24, 2.45) is 0 Å². The van der Waals surface area contributed by atoms with Gasteiger partial charge in [0.15, 0.2) is 0 Å². The lowest BCUT2D eigenvalue weighted by Gasteiger charge is -2.49. The number of amides is 1. The summed E-state index contributed by atoms with van der Waals surface area (Å²) in [6.07, 6.45) is 0. The van der Waals surface area contributed by atoms with Crippen molar-refractivity contribution in [3.8, 4) is 11.8 Å². The van der Waals surface area contributed by atoms with Gasteiger partial charge in [-0.25, -0.2) is 4.39 Å². The van der Waals surface area contributed by atoms with E-state index in [4.69, 9.17) is 10.00 Å². The van der Waals surface area contributed by atoms with Crippen molar-refractivity contribution >= 4 is 5.91 Å². The molecule has 1 heterocycles. The summed E-state index contributed by atoms with van der Waals surface area (Å²) in [6, 6.07) is 11.2. The Bertz CT molecular complexity index is 898. The normalized spacial score (nSPS) is 23.3. The first-order valence-electron chi connectivity index (χ1n) is 8.17. The molecule has 1 amide bonds. The van der Waals surface area contributed by atoms with E-state index in [0.29, 0.717) is 16.9 Å². The number of benzene rings is 2. The van der Waals surface area contributed by atoms with Crippen LogP contribution in [0, 0.1) is 17.1 Å². The van der Waals surface area contributed by atoms with Gasteiger partial charge >= 0.3 is 0 Å². The minimum Gasteiger partial charge on any atom is -0.484 e. The van der Waals surface area contributed by atoms with Crippen molar-refractivity contribution in [1.82, 2.24) is 5.32 Å². The van der Waals surface area contributed by atoms with E-state index in [0.717, 1.165) is 0 Å². The quantitative estimate of drug-likeness (QED) is 0.868. The number of ether oxygens (including phenoxy) is 1. The van der Waals surface area contributed by atoms with Crippen molar-refractivity contribution in [1.29, 1.82) is 5.26 Å². The van der Waals surface area contributed by atoms with Gasteiger partial charge in [-0.1, -0.05) is 0 Å². The number of nitriles is 1. The number of halogens is 1. The molecule has 0 radical (unpaired) electrons. The van der Waals surface area contributed by atoms with Crippen LogP contribution >= 0.6 is 0 Å². The standard InChI is InChI=1S/C20H19FN2O3/c1-19(2)20(3,25)17(15-10-12(11-22)4-9-16(15)26-19)23-18(24)13-5-7-14(21)8-6-13/h4-10,17,25H,1-3H3,(H,23,24)/t17-,20+/m0/s1. The fourth-order valence-electron chi connectivity index (χ4n) is 3.00. The molecule has 0 bridgehead atoms. The molecule has 0 unspecified atom stereocenters. The number of carbonyl (C=O) groups is 1. The molecule has 0 aliphatic carbocycles. The Morgan fingerprint density at radius 1 is 1.23 bits per heavy atom. The zero-order chi connectivity index (χ0) is 19.1. The topological polar surface area (TPSA) is 82.3 Å². The monoisotopic (exact) mass is 354 g/mol. The average molecular weight is 354 g/mol. The fourth-order valence-corrected chi connectivity index (χ4v) is 3.00. The molecule has 0 fully saturated rings. The van der Waals surface area contributed by atoms with E-state index in [2.05, 4.69) is 5.32 Å². The minimum absolute atomic E-state index is 0.268. The number of carbonyl (C=O) groups excluding carboxylic acids is 1. The first-order chi connectivity index (χ1) is 12.2. The van der Waals surface area contributed by atoms with Gasteiger partial charge in [-0.2, -0.15) is 5.26 Å². The third-order valence-corrected chi connectivity index (χ3v) is 4.98. The molecule has 2 aromatic carbocycles. The summed E-state index contributed by atoms with van der Waals surface area (Å²) in [7, 11) is 0. The summed E-state index contributed by atoms with van der Waals surface area (Å²) in [5.74, 6) is -0.407. The van der Waals surface area contributed by atoms with Crippen LogP contribution in [0.3, 0.4) is 0 Å². The summed E-state index contributed by atoms with van der Waals surface area (Å²) < 4.78 is 19.0. The van der Waals surface area contributed by atoms with Crippen LogP contribution in [-0.4, -0.2) is 22.2 Å². The van der Waals surface area contributed by atoms with Crippen LogP contribution < -0.4 is 10.1 Å². The molecular weight excluding hydrogens is 335 g/mol. The number of nitrogens with zero attached hydrogens (tertiary/aromatic N) is 1. The van der Waals surface area contributed by atoms with Crippen LogP contribution in [0.25, 0.3) is 0 Å². The largest absolute Gasteiger partial charge is 0.484 e. The lowest BCUT2D eigenvalue weighted by Crippen LogP contribution is -2.62. The van der Waals surface area contributed by atoms with Gasteiger partial charge in [-0.3, -0.25) is 4.79 Å². The van der Waals surface area contributed by atoms with Gasteiger partial charge in [0.25, 0.3) is 5.91 Å². The molecule has 2 N–H and O–H groups in total. The number of hydrogen-bond acceptors (Lipinski definition) is 4. The van der Waals surface area contributed by atoms with E-state index in [1.807, 2.05) is 6.07 Å². The maximum Gasteiger partial charge on any atom is 0.251 e. The van der Waals surface area contributed by atoms with Crippen LogP contribution in [0.4, 0.5) is 4.39 Å². The second kappa shape index (κ2) is 6.11. The Kier molecular flexibility index (Phi) is 4.21. The van der Waals surface area contributed by atoms with E-state index in [-0.39, 0.29) is 5.56 Å². The number of rotatable bonds is 2. The number of aliphatic hydroxyl groups is 1. The maximum absolute atomic E-state index is 13.1. The predicted octanol–water partition coefficient (Wildman–Crippen LogP) is 3.09. The predicted molar refractivity (Wildman–Crippen MR) is 93.1 cm³/mol. The van der Waals surface area contributed by atoms with Crippen molar-refractivity contribution < 1.29 is 19.0 Å². The summed E-state index contributed by atoms with van der Waals surface area (Å²) in [4.78, 5) is 12.6. The molecule has 2 aromatic rings. The highest BCUT2D eigenvalue weighted by Gasteiger charge is 2.53. The molecule has 3 rings (SSSR count). The van der Waals surface area contributed by atoms with Gasteiger partial charge in [0.1, 0.15) is 22.8 Å². The zero-order valence-electron chi connectivity index (χ0n) is 14.7. The van der Waals surface area contributed by atoms with Crippen molar-refractivity contribution in [3.05, 3.63) is 65.0 Å². The maximum atomic E-state index is 13.1. The van der Waals surface area contributed by atoms with Gasteiger partial charge in [0.2, 0.25) is 0 Å². The van der Waals surface area contributed by atoms with Crippen LogP contribution in [0.5, 0.6) is 5.75 Å². The first kappa shape index (κ1) is 17.9. The molecular formula is C20H19FN2O3. The minimum atomic E-state index is -1.45. The fraction of sp³-hybridized carbons (Fsp3) is 0.300. The van der Waals surface area contributed by atoms with Crippen molar-refractivity contribution in [2.75, 3.05) is 0 Å². The van der Waals surface area contributed by atoms with Crippen LogP contribution in [0.1, 0.15) is 48.3 Å². The molecule has 0 aromatic heterocycles. The van der Waals surface area contributed by atoms with Crippen molar-refractivity contribution in [3.63, 3.8) is 0 Å². The van der Waals surface area contributed by atoms with E-state index in [1.165, 1.54) is 24.3 Å². The second-order valence-corrected chi connectivity index (χ2v) is 7.04. The highest BCUT2D eigenvalue weighted by Crippen LogP contribution is 2.46. The molecule has 6 heteroatoms. The van der Waals surface area contributed by atoms with Gasteiger partial charge in [-0.15, -0.1) is 0 Å². The first-order valence-corrected chi connectivity index (χ1v) is 8.17. The zero-order valence-corrected chi connectivity index (χ0v) is 14.7. The molecule has 1 aliphatic rings. The average Bonchev–Trinajstić information content (AvgIpc) is 2.59. The Morgan fingerprint density at radius 3 is 2.50 bits per heavy atom. The van der Waals surface area contributed by atoms with E-state index in [9.17, 15) is 14.3 Å². The molecule has 5 nitrogen and oxygen atoms in total. The highest BCUT2D eigenvalue weighted by atomic mass is 19.1. The molecule has 2 atom stereocenters. The number of nitrogens with one attached hydrogen (secondary N) is 1. The van der Waals surface area contributed by atoms with E-state index < -0.39 is 29.0 Å². The lowest BCUT2D eigenvalue weighted by atomic mass is 9.75. The second-order valence-electron chi connectivity index (χ2n) is 7.04. The number of fused-ring (bicyclic) bond motifs is 1. The molecule has 0 saturated heterocycles. The van der Waals surface area contributed by atoms with Crippen molar-refractivity contribution in [2.45, 2.75) is 38.0 Å². The number of hydrogen-bond donors (Lipinski definition) is 2. The Balaban J connectivity index is 2.04. The summed E-state index contributed by atoms with van der Waals surface area (Å²) in [6.45, 7) is 5.03. The third kappa shape index (κ3) is 2.91. The van der Waals surface area contributed by atoms with Crippen LogP contribution in [0.2, 0.25) is 0 Å². The Hall–Kier alpha value is -2.91. The summed E-state index contributed by atoms with van der Waals surface area (Å²) >= 11 is 0. The summed E-state index contributed by atoms with van der Waals surface area (Å²) in [5.41, 5.74) is -1.27. The summed E-state index contributed by atoms with van der Waals surface area (Å²) in [5, 5.41) is 23.1. The Morgan fingerprint density at radius 2 is 1.88 bits per heavy atom. The van der Waals surface area contributed by atoms with Crippen LogP contribution in [0.15, 0.2) is 42.5 Å². The van der Waals surface area contributed by atoms with E-state index >= 15 is 0 Å². The van der Waals surface area contributed by atoms with Gasteiger partial charge in [0, 0.05) is 11.1 Å². The molecule has 26 heavy (non-hydrogen) atoms. The van der Waals surface area contributed by atoms with Gasteiger partial charge < -0.3 is 15.2 Å². The van der Waals surface area contributed by atoms with Gasteiger partial charge in [0.05, 0.1) is 17.7 Å². The van der Waals surface area contributed by atoms with Gasteiger partial charge in [-0.05, 0) is 63.2 Å². The lowest BCUT2D eigenvalue weighted by molar-refractivity contribution is -0.137. The third-order valence-electron chi connectivity index (χ3n) is 4.98. The Labute approximate surface area is 151 Å². The molecule has 0 saturated carbocycles. The molecule has 0 spiro atoms. The smallest absolute Gasteiger partial charge is 0.251 e. The highest BCUT2D eigenvalue weighted by molar-refractivity contribution is 5.94. The molecule has 134 valence electrons. The SMILES string of the molecule is CC1(C)Oc2ccc(C#N)cc2[C@H](NC(=O)c2ccc(F)cc2)[C@@]1(C)O. The molecule has 1 aliphatic heterocycles. The van der Waals surface area contributed by atoms with E-state index in [1.54, 1.807) is 39.0 Å². The van der Waals surface area contributed by atoms with Crippen LogP contribution in [-0.2, 0) is 0 Å².